The fourth-order valence-corrected chi connectivity index (χ4v) is 2.38. The van der Waals surface area contributed by atoms with Crippen molar-refractivity contribution < 1.29 is 14.1 Å². The molecule has 1 aliphatic carbocycles. The molecule has 6 nitrogen and oxygen atoms in total. The summed E-state index contributed by atoms with van der Waals surface area (Å²) in [4.78, 5) is 22.3. The van der Waals surface area contributed by atoms with Crippen molar-refractivity contribution in [3.05, 3.63) is 33.6 Å². The molecule has 0 atom stereocenters. The first kappa shape index (κ1) is 15.2. The zero-order chi connectivity index (χ0) is 15.8. The van der Waals surface area contributed by atoms with E-state index >= 15 is 0 Å². The highest BCUT2D eigenvalue weighted by Gasteiger charge is 2.45. The third kappa shape index (κ3) is 2.96. The normalized spacial score (nSPS) is 15.8. The number of nitrogens with zero attached hydrogens (tertiary/aromatic N) is 1. The van der Waals surface area contributed by atoms with Crippen LogP contribution in [0, 0.1) is 27.3 Å². The molecule has 0 aromatic heterocycles. The zero-order valence-corrected chi connectivity index (χ0v) is 12.0. The van der Waals surface area contributed by atoms with Crippen LogP contribution in [0.3, 0.4) is 0 Å². The molecular formula is C14H18FN3O3. The Labute approximate surface area is 121 Å². The van der Waals surface area contributed by atoms with Gasteiger partial charge < -0.3 is 11.1 Å². The molecule has 114 valence electrons. The molecule has 0 bridgehead atoms. The number of hydrogen-bond acceptors (Lipinski definition) is 4. The maximum Gasteiger partial charge on any atom is 0.285 e. The molecule has 0 heterocycles. The molecule has 2 rings (SSSR count). The fraction of sp³-hybridized carbons (Fsp3) is 0.500. The predicted octanol–water partition coefficient (Wildman–Crippen LogP) is 2.48. The third-order valence-corrected chi connectivity index (χ3v) is 4.27. The van der Waals surface area contributed by atoms with E-state index in [9.17, 15) is 19.3 Å². The van der Waals surface area contributed by atoms with Crippen LogP contribution < -0.4 is 11.1 Å². The predicted molar refractivity (Wildman–Crippen MR) is 76.3 cm³/mol. The van der Waals surface area contributed by atoms with Gasteiger partial charge in [-0.15, -0.1) is 0 Å². The number of carbonyl (C=O) groups is 1. The summed E-state index contributed by atoms with van der Waals surface area (Å²) >= 11 is 0. The topological polar surface area (TPSA) is 98.3 Å². The van der Waals surface area contributed by atoms with Crippen LogP contribution in [0.25, 0.3) is 0 Å². The molecule has 1 aliphatic rings. The molecule has 1 amide bonds. The Morgan fingerprint density at radius 3 is 2.62 bits per heavy atom. The maximum atomic E-state index is 13.3. The number of rotatable bonds is 5. The smallest absolute Gasteiger partial charge is 0.285 e. The van der Waals surface area contributed by atoms with Gasteiger partial charge in [-0.05, 0) is 30.2 Å². The van der Waals surface area contributed by atoms with E-state index in [1.807, 2.05) is 0 Å². The van der Waals surface area contributed by atoms with Gasteiger partial charge >= 0.3 is 0 Å². The van der Waals surface area contributed by atoms with Crippen LogP contribution in [0.2, 0.25) is 0 Å². The summed E-state index contributed by atoms with van der Waals surface area (Å²) in [5.74, 6) is -1.08. The lowest BCUT2D eigenvalue weighted by Gasteiger charge is -2.20. The maximum absolute atomic E-state index is 13.3. The Kier molecular flexibility index (Phi) is 3.85. The number of anilines is 1. The van der Waals surface area contributed by atoms with E-state index in [-0.39, 0.29) is 16.7 Å². The molecular weight excluding hydrogens is 277 g/mol. The molecule has 0 unspecified atom stereocenters. The van der Waals surface area contributed by atoms with Gasteiger partial charge in [0.1, 0.15) is 5.56 Å². The van der Waals surface area contributed by atoms with Gasteiger partial charge in [-0.2, -0.15) is 0 Å². The number of nitrogens with two attached hydrogens (primary N) is 1. The van der Waals surface area contributed by atoms with Gasteiger partial charge in [-0.3, -0.25) is 14.9 Å². The first-order valence-electron chi connectivity index (χ1n) is 6.78. The van der Waals surface area contributed by atoms with Crippen LogP contribution in [0.4, 0.5) is 15.8 Å². The Morgan fingerprint density at radius 1 is 1.52 bits per heavy atom. The summed E-state index contributed by atoms with van der Waals surface area (Å²) in [5, 5.41) is 13.6. The lowest BCUT2D eigenvalue weighted by Crippen LogP contribution is -2.33. The highest BCUT2D eigenvalue weighted by molar-refractivity contribution is 5.99. The molecule has 1 saturated carbocycles. The number of nitrogen functional groups attached to an aromatic ring is 1. The number of nitro benzene ring substituents is 1. The lowest BCUT2D eigenvalue weighted by atomic mass is 9.92. The van der Waals surface area contributed by atoms with Crippen molar-refractivity contribution in [1.82, 2.24) is 5.32 Å². The Bertz CT molecular complexity index is 597. The molecule has 21 heavy (non-hydrogen) atoms. The first-order chi connectivity index (χ1) is 9.77. The molecule has 0 aliphatic heterocycles. The van der Waals surface area contributed by atoms with Crippen LogP contribution in [0.15, 0.2) is 12.1 Å². The number of carbonyl (C=O) groups excluding carboxylic acids is 1. The second-order valence-electron chi connectivity index (χ2n) is 5.85. The van der Waals surface area contributed by atoms with Gasteiger partial charge in [-0.1, -0.05) is 13.8 Å². The summed E-state index contributed by atoms with van der Waals surface area (Å²) in [6, 6.07) is 1.69. The zero-order valence-electron chi connectivity index (χ0n) is 12.0. The number of hydrogen-bond donors (Lipinski definition) is 2. The number of nitro groups is 1. The van der Waals surface area contributed by atoms with E-state index < -0.39 is 22.3 Å². The molecule has 1 aromatic carbocycles. The number of benzene rings is 1. The quantitative estimate of drug-likeness (QED) is 0.495. The molecule has 0 radical (unpaired) electrons. The highest BCUT2D eigenvalue weighted by atomic mass is 19.1. The minimum Gasteiger partial charge on any atom is -0.396 e. The van der Waals surface area contributed by atoms with Gasteiger partial charge in [-0.25, -0.2) is 4.39 Å². The minimum atomic E-state index is -0.904. The number of halogens is 1. The number of nitrogens with one attached hydrogen (secondary N) is 1. The minimum absolute atomic E-state index is 0.0794. The van der Waals surface area contributed by atoms with Crippen molar-refractivity contribution in [2.24, 2.45) is 11.3 Å². The van der Waals surface area contributed by atoms with Crippen molar-refractivity contribution in [2.45, 2.75) is 26.7 Å². The molecule has 1 fully saturated rings. The molecule has 7 heteroatoms. The van der Waals surface area contributed by atoms with Crippen LogP contribution in [0.1, 0.15) is 37.0 Å². The summed E-state index contributed by atoms with van der Waals surface area (Å²) in [7, 11) is 0. The van der Waals surface area contributed by atoms with Crippen molar-refractivity contribution in [3.8, 4) is 0 Å². The van der Waals surface area contributed by atoms with Crippen LogP contribution in [0.5, 0.6) is 0 Å². The van der Waals surface area contributed by atoms with Gasteiger partial charge in [0.2, 0.25) is 0 Å². The Morgan fingerprint density at radius 2 is 2.14 bits per heavy atom. The van der Waals surface area contributed by atoms with Crippen LogP contribution in [-0.2, 0) is 0 Å². The van der Waals surface area contributed by atoms with Crippen LogP contribution >= 0.6 is 0 Å². The van der Waals surface area contributed by atoms with E-state index in [1.54, 1.807) is 0 Å². The number of amides is 1. The summed E-state index contributed by atoms with van der Waals surface area (Å²) < 4.78 is 13.3. The van der Waals surface area contributed by atoms with Crippen molar-refractivity contribution >= 4 is 17.3 Å². The van der Waals surface area contributed by atoms with Gasteiger partial charge in [0.25, 0.3) is 11.6 Å². The monoisotopic (exact) mass is 295 g/mol. The highest BCUT2D eigenvalue weighted by Crippen LogP contribution is 2.51. The average molecular weight is 295 g/mol. The Hall–Kier alpha value is -2.18. The third-order valence-electron chi connectivity index (χ3n) is 4.27. The average Bonchev–Trinajstić information content (AvgIpc) is 3.19. The van der Waals surface area contributed by atoms with Gasteiger partial charge in [0.05, 0.1) is 16.7 Å². The van der Waals surface area contributed by atoms with E-state index in [1.165, 1.54) is 0 Å². The van der Waals surface area contributed by atoms with E-state index in [0.717, 1.165) is 18.9 Å². The SMILES string of the molecule is CC(C)C1(CNC(=O)c2cc(N)c(F)cc2[N+](=O)[O-])CC1. The van der Waals surface area contributed by atoms with Crippen molar-refractivity contribution in [3.63, 3.8) is 0 Å². The van der Waals surface area contributed by atoms with Gasteiger partial charge in [0, 0.05) is 6.54 Å². The van der Waals surface area contributed by atoms with Crippen molar-refractivity contribution in [1.29, 1.82) is 0 Å². The molecule has 1 aromatic rings. The summed E-state index contributed by atoms with van der Waals surface area (Å²) in [5.41, 5.74) is 4.40. The van der Waals surface area contributed by atoms with E-state index in [0.29, 0.717) is 18.5 Å². The summed E-state index contributed by atoms with van der Waals surface area (Å²) in [6.45, 7) is 4.62. The lowest BCUT2D eigenvalue weighted by molar-refractivity contribution is -0.385. The van der Waals surface area contributed by atoms with Crippen LogP contribution in [-0.4, -0.2) is 17.4 Å². The molecule has 0 saturated heterocycles. The molecule has 0 spiro atoms. The van der Waals surface area contributed by atoms with Crippen molar-refractivity contribution in [2.75, 3.05) is 12.3 Å². The Balaban J connectivity index is 2.19. The van der Waals surface area contributed by atoms with Gasteiger partial charge in [0.15, 0.2) is 5.82 Å². The first-order valence-corrected chi connectivity index (χ1v) is 6.78. The van der Waals surface area contributed by atoms with E-state index in [4.69, 9.17) is 5.73 Å². The second-order valence-corrected chi connectivity index (χ2v) is 5.85. The fourth-order valence-electron chi connectivity index (χ4n) is 2.38. The largest absolute Gasteiger partial charge is 0.396 e. The standard InChI is InChI=1S/C14H18FN3O3/c1-8(2)14(3-4-14)7-17-13(19)9-5-11(16)10(15)6-12(9)18(20)21/h5-6,8H,3-4,7,16H2,1-2H3,(H,17,19). The second kappa shape index (κ2) is 5.31. The molecule has 3 N–H and O–H groups in total. The summed E-state index contributed by atoms with van der Waals surface area (Å²) in [6.07, 6.45) is 2.05. The van der Waals surface area contributed by atoms with E-state index in [2.05, 4.69) is 19.2 Å².